The molecule has 140 valence electrons. The third kappa shape index (κ3) is 3.73. The lowest BCUT2D eigenvalue weighted by Gasteiger charge is -2.27. The number of nitrogens with zero attached hydrogens (tertiary/aromatic N) is 5. The number of likely N-dealkylation sites (tertiary alicyclic amines) is 1. The first-order chi connectivity index (χ1) is 12.7. The van der Waals surface area contributed by atoms with Gasteiger partial charge in [0.05, 0.1) is 19.3 Å². The van der Waals surface area contributed by atoms with E-state index in [1.54, 1.807) is 0 Å². The number of hydrogen-bond acceptors (Lipinski definition) is 7. The zero-order chi connectivity index (χ0) is 17.9. The van der Waals surface area contributed by atoms with Crippen molar-refractivity contribution in [2.75, 3.05) is 44.3 Å². The minimum Gasteiger partial charge on any atom is -0.378 e. The van der Waals surface area contributed by atoms with Gasteiger partial charge in [-0.1, -0.05) is 19.0 Å². The highest BCUT2D eigenvalue weighted by Gasteiger charge is 2.31. The molecule has 2 aliphatic rings. The quantitative estimate of drug-likeness (QED) is 0.815. The minimum atomic E-state index is 0.249. The molecule has 0 spiro atoms. The number of pyridine rings is 1. The fraction of sp³-hybridized carbons (Fsp3) is 0.632. The van der Waals surface area contributed by atoms with Crippen molar-refractivity contribution in [2.24, 2.45) is 5.92 Å². The van der Waals surface area contributed by atoms with Crippen LogP contribution in [0.4, 0.5) is 5.82 Å². The number of ether oxygens (including phenoxy) is 1. The summed E-state index contributed by atoms with van der Waals surface area (Å²) in [5, 5.41) is 4.20. The van der Waals surface area contributed by atoms with Crippen LogP contribution in [0.15, 0.2) is 22.9 Å². The van der Waals surface area contributed by atoms with Gasteiger partial charge in [0.2, 0.25) is 11.7 Å². The summed E-state index contributed by atoms with van der Waals surface area (Å²) < 4.78 is 11.0. The molecule has 0 saturated carbocycles. The van der Waals surface area contributed by atoms with Crippen molar-refractivity contribution < 1.29 is 9.26 Å². The maximum Gasteiger partial charge on any atom is 0.244 e. The number of hydrogen-bond donors (Lipinski definition) is 0. The Kier molecular flexibility index (Phi) is 5.17. The average molecular weight is 357 g/mol. The van der Waals surface area contributed by atoms with E-state index < -0.39 is 0 Å². The van der Waals surface area contributed by atoms with Crippen molar-refractivity contribution in [3.8, 4) is 11.4 Å². The Morgan fingerprint density at radius 2 is 2.04 bits per heavy atom. The smallest absolute Gasteiger partial charge is 0.244 e. The number of aromatic nitrogens is 3. The molecule has 7 heteroatoms. The lowest BCUT2D eigenvalue weighted by Crippen LogP contribution is -2.36. The molecule has 2 saturated heterocycles. The third-order valence-electron chi connectivity index (χ3n) is 5.03. The van der Waals surface area contributed by atoms with Gasteiger partial charge in [0, 0.05) is 31.4 Å². The normalized spacial score (nSPS) is 21.7. The molecule has 26 heavy (non-hydrogen) atoms. The van der Waals surface area contributed by atoms with Crippen LogP contribution >= 0.6 is 0 Å². The predicted octanol–water partition coefficient (Wildman–Crippen LogP) is 2.76. The van der Waals surface area contributed by atoms with E-state index in [1.807, 2.05) is 18.3 Å². The van der Waals surface area contributed by atoms with Gasteiger partial charge >= 0.3 is 0 Å². The van der Waals surface area contributed by atoms with Gasteiger partial charge < -0.3 is 14.2 Å². The standard InChI is InChI=1S/C19H27N5O2/c1-14(2)13-24-7-3-4-16(24)19-21-18(22-26-19)15-5-6-17(20-12-15)23-8-10-25-11-9-23/h5-6,12,14,16H,3-4,7-11,13H2,1-2H3. The molecule has 2 aromatic heterocycles. The average Bonchev–Trinajstić information content (AvgIpc) is 3.31. The van der Waals surface area contributed by atoms with Gasteiger partial charge in [0.15, 0.2) is 0 Å². The molecule has 0 N–H and O–H groups in total. The fourth-order valence-corrected chi connectivity index (χ4v) is 3.78. The van der Waals surface area contributed by atoms with Crippen molar-refractivity contribution >= 4 is 5.82 Å². The van der Waals surface area contributed by atoms with Gasteiger partial charge in [0.25, 0.3) is 0 Å². The van der Waals surface area contributed by atoms with E-state index in [4.69, 9.17) is 9.26 Å². The Morgan fingerprint density at radius 1 is 1.19 bits per heavy atom. The SMILES string of the molecule is CC(C)CN1CCCC1c1nc(-c2ccc(N3CCOCC3)nc2)no1. The van der Waals surface area contributed by atoms with E-state index in [9.17, 15) is 0 Å². The summed E-state index contributed by atoms with van der Waals surface area (Å²) in [6.45, 7) is 9.94. The van der Waals surface area contributed by atoms with E-state index in [-0.39, 0.29) is 6.04 Å². The third-order valence-corrected chi connectivity index (χ3v) is 5.03. The highest BCUT2D eigenvalue weighted by molar-refractivity contribution is 5.56. The van der Waals surface area contributed by atoms with E-state index >= 15 is 0 Å². The number of morpholine rings is 1. The van der Waals surface area contributed by atoms with Crippen LogP contribution in [0.3, 0.4) is 0 Å². The van der Waals surface area contributed by atoms with Crippen LogP contribution in [0.2, 0.25) is 0 Å². The van der Waals surface area contributed by atoms with Gasteiger partial charge in [0.1, 0.15) is 5.82 Å². The molecule has 0 radical (unpaired) electrons. The molecular formula is C19H27N5O2. The molecule has 2 aliphatic heterocycles. The number of anilines is 1. The highest BCUT2D eigenvalue weighted by atomic mass is 16.5. The highest BCUT2D eigenvalue weighted by Crippen LogP contribution is 2.32. The predicted molar refractivity (Wildman–Crippen MR) is 98.9 cm³/mol. The summed E-state index contributed by atoms with van der Waals surface area (Å²) in [5.41, 5.74) is 0.894. The van der Waals surface area contributed by atoms with Crippen molar-refractivity contribution in [2.45, 2.75) is 32.7 Å². The van der Waals surface area contributed by atoms with Crippen LogP contribution in [-0.2, 0) is 4.74 Å². The van der Waals surface area contributed by atoms with Crippen molar-refractivity contribution in [3.05, 3.63) is 24.2 Å². The Labute approximate surface area is 154 Å². The van der Waals surface area contributed by atoms with Crippen molar-refractivity contribution in [1.82, 2.24) is 20.0 Å². The first kappa shape index (κ1) is 17.4. The molecule has 1 atom stereocenters. The van der Waals surface area contributed by atoms with Crippen molar-refractivity contribution in [1.29, 1.82) is 0 Å². The van der Waals surface area contributed by atoms with E-state index in [2.05, 4.69) is 38.8 Å². The summed E-state index contributed by atoms with van der Waals surface area (Å²) >= 11 is 0. The summed E-state index contributed by atoms with van der Waals surface area (Å²) in [7, 11) is 0. The minimum absolute atomic E-state index is 0.249. The van der Waals surface area contributed by atoms with Crippen LogP contribution in [0.1, 0.15) is 38.6 Å². The van der Waals surface area contributed by atoms with Crippen LogP contribution in [-0.4, -0.2) is 59.4 Å². The summed E-state index contributed by atoms with van der Waals surface area (Å²) in [6, 6.07) is 4.30. The molecule has 7 nitrogen and oxygen atoms in total. The molecular weight excluding hydrogens is 330 g/mol. The second kappa shape index (κ2) is 7.72. The Bertz CT molecular complexity index is 709. The van der Waals surface area contributed by atoms with Gasteiger partial charge in [-0.05, 0) is 37.4 Å². The fourth-order valence-electron chi connectivity index (χ4n) is 3.78. The largest absolute Gasteiger partial charge is 0.378 e. The van der Waals surface area contributed by atoms with Gasteiger partial charge in [-0.2, -0.15) is 4.98 Å². The van der Waals surface area contributed by atoms with Crippen molar-refractivity contribution in [3.63, 3.8) is 0 Å². The first-order valence-corrected chi connectivity index (χ1v) is 9.57. The Morgan fingerprint density at radius 3 is 2.77 bits per heavy atom. The Hall–Kier alpha value is -1.99. The topological polar surface area (TPSA) is 67.5 Å². The molecule has 0 bridgehead atoms. The maximum atomic E-state index is 5.60. The molecule has 0 aromatic carbocycles. The maximum absolute atomic E-state index is 5.60. The molecule has 0 amide bonds. The molecule has 1 unspecified atom stereocenters. The summed E-state index contributed by atoms with van der Waals surface area (Å²) in [4.78, 5) is 13.9. The van der Waals surface area contributed by atoms with Crippen LogP contribution in [0.25, 0.3) is 11.4 Å². The second-order valence-electron chi connectivity index (χ2n) is 7.51. The zero-order valence-electron chi connectivity index (χ0n) is 15.6. The molecule has 2 aromatic rings. The lowest BCUT2D eigenvalue weighted by atomic mass is 10.1. The van der Waals surface area contributed by atoms with Gasteiger partial charge in [-0.3, -0.25) is 4.90 Å². The monoisotopic (exact) mass is 357 g/mol. The molecule has 4 heterocycles. The first-order valence-electron chi connectivity index (χ1n) is 9.57. The van der Waals surface area contributed by atoms with Crippen LogP contribution in [0.5, 0.6) is 0 Å². The Balaban J connectivity index is 1.47. The van der Waals surface area contributed by atoms with Crippen LogP contribution < -0.4 is 4.90 Å². The van der Waals surface area contributed by atoms with Crippen LogP contribution in [0, 0.1) is 5.92 Å². The zero-order valence-corrected chi connectivity index (χ0v) is 15.6. The van der Waals surface area contributed by atoms with Gasteiger partial charge in [-0.25, -0.2) is 4.98 Å². The van der Waals surface area contributed by atoms with E-state index in [1.165, 1.54) is 6.42 Å². The molecule has 0 aliphatic carbocycles. The van der Waals surface area contributed by atoms with E-state index in [0.29, 0.717) is 11.7 Å². The second-order valence-corrected chi connectivity index (χ2v) is 7.51. The van der Waals surface area contributed by atoms with Gasteiger partial charge in [-0.15, -0.1) is 0 Å². The van der Waals surface area contributed by atoms with E-state index in [0.717, 1.165) is 63.1 Å². The summed E-state index contributed by atoms with van der Waals surface area (Å²) in [6.07, 6.45) is 4.10. The number of rotatable bonds is 5. The lowest BCUT2D eigenvalue weighted by molar-refractivity contribution is 0.122. The molecule has 4 rings (SSSR count). The summed E-state index contributed by atoms with van der Waals surface area (Å²) in [5.74, 6) is 2.96. The molecule has 2 fully saturated rings.